The smallest absolute Gasteiger partial charge is 0.214 e. The number of aromatic amines is 1. The molecule has 0 saturated carbocycles. The number of hydrogen-bond acceptors (Lipinski definition) is 4. The van der Waals surface area contributed by atoms with Crippen LogP contribution in [0.15, 0.2) is 48.5 Å². The molecule has 2 aromatic carbocycles. The number of benzene rings is 2. The average Bonchev–Trinajstić information content (AvgIpc) is 2.90. The minimum absolute atomic E-state index is 0.488. The van der Waals surface area contributed by atoms with Crippen molar-refractivity contribution in [3.05, 3.63) is 75.3 Å². The van der Waals surface area contributed by atoms with E-state index in [1.54, 1.807) is 4.68 Å². The number of ether oxygens (including phenoxy) is 1. The summed E-state index contributed by atoms with van der Waals surface area (Å²) in [5.74, 6) is 1.61. The van der Waals surface area contributed by atoms with E-state index in [0.29, 0.717) is 22.9 Å². The third kappa shape index (κ3) is 4.15. The minimum atomic E-state index is 0.488. The quantitative estimate of drug-likeness (QED) is 0.646. The summed E-state index contributed by atoms with van der Waals surface area (Å²) in [7, 11) is 0. The van der Waals surface area contributed by atoms with Crippen molar-refractivity contribution in [1.82, 2.24) is 14.9 Å². The van der Waals surface area contributed by atoms with Crippen LogP contribution >= 0.6 is 23.8 Å². The van der Waals surface area contributed by atoms with Crippen LogP contribution in [0.1, 0.15) is 17.0 Å². The van der Waals surface area contributed by atoms with Crippen LogP contribution in [0.25, 0.3) is 0 Å². The number of halogens is 1. The van der Waals surface area contributed by atoms with Gasteiger partial charge in [0.05, 0.1) is 6.54 Å². The second kappa shape index (κ2) is 7.51. The van der Waals surface area contributed by atoms with E-state index in [0.717, 1.165) is 22.7 Å². The number of aryl methyl sites for hydroxylation is 1. The lowest BCUT2D eigenvalue weighted by Gasteiger charge is -2.10. The minimum Gasteiger partial charge on any atom is -0.489 e. The highest BCUT2D eigenvalue weighted by atomic mass is 35.5. The predicted molar refractivity (Wildman–Crippen MR) is 97.4 cm³/mol. The molecule has 1 aromatic heterocycles. The zero-order valence-corrected chi connectivity index (χ0v) is 14.7. The van der Waals surface area contributed by atoms with Gasteiger partial charge in [-0.2, -0.15) is 5.10 Å². The fourth-order valence-corrected chi connectivity index (χ4v) is 2.68. The highest BCUT2D eigenvalue weighted by Gasteiger charge is 2.01. The van der Waals surface area contributed by atoms with Crippen LogP contribution in [0.2, 0.25) is 5.02 Å². The van der Waals surface area contributed by atoms with E-state index >= 15 is 0 Å². The highest BCUT2D eigenvalue weighted by Crippen LogP contribution is 2.16. The molecule has 0 saturated heterocycles. The van der Waals surface area contributed by atoms with E-state index in [4.69, 9.17) is 28.6 Å². The van der Waals surface area contributed by atoms with Gasteiger partial charge in [-0.15, -0.1) is 0 Å². The molecule has 0 aliphatic rings. The summed E-state index contributed by atoms with van der Waals surface area (Å²) in [6.07, 6.45) is 0. The van der Waals surface area contributed by atoms with Gasteiger partial charge in [0.2, 0.25) is 4.77 Å². The number of H-pyrrole nitrogens is 1. The lowest BCUT2D eigenvalue weighted by molar-refractivity contribution is 0.306. The van der Waals surface area contributed by atoms with E-state index in [2.05, 4.69) is 15.6 Å². The Morgan fingerprint density at radius 1 is 1.21 bits per heavy atom. The van der Waals surface area contributed by atoms with E-state index in [1.165, 1.54) is 0 Å². The first-order valence-corrected chi connectivity index (χ1v) is 8.24. The van der Waals surface area contributed by atoms with Gasteiger partial charge >= 0.3 is 0 Å². The summed E-state index contributed by atoms with van der Waals surface area (Å²) < 4.78 is 8.07. The first-order valence-electron chi connectivity index (χ1n) is 7.46. The third-order valence-corrected chi connectivity index (χ3v) is 4.01. The summed E-state index contributed by atoms with van der Waals surface area (Å²) >= 11 is 11.1. The Balaban J connectivity index is 1.56. The maximum atomic E-state index is 5.97. The van der Waals surface area contributed by atoms with Crippen molar-refractivity contribution in [2.24, 2.45) is 0 Å². The van der Waals surface area contributed by atoms with E-state index < -0.39 is 0 Å². The van der Waals surface area contributed by atoms with Crippen LogP contribution in [-0.2, 0) is 13.2 Å². The first kappa shape index (κ1) is 16.5. The summed E-state index contributed by atoms with van der Waals surface area (Å²) in [5.41, 5.74) is 5.38. The summed E-state index contributed by atoms with van der Waals surface area (Å²) in [6.45, 7) is 3.01. The van der Waals surface area contributed by atoms with Gasteiger partial charge in [0.15, 0.2) is 0 Å². The lowest BCUT2D eigenvalue weighted by Crippen LogP contribution is -2.15. The normalized spacial score (nSPS) is 10.6. The Labute approximate surface area is 150 Å². The largest absolute Gasteiger partial charge is 0.489 e. The van der Waals surface area contributed by atoms with Gasteiger partial charge in [-0.05, 0) is 54.5 Å². The van der Waals surface area contributed by atoms with Crippen molar-refractivity contribution in [3.8, 4) is 5.75 Å². The van der Waals surface area contributed by atoms with Crippen LogP contribution in [-0.4, -0.2) is 14.9 Å². The Morgan fingerprint density at radius 2 is 2.00 bits per heavy atom. The standard InChI is InChI=1S/C17H17ClN4OS/c1-12-20-21-17(24)22(12)19-10-13-5-7-16(8-6-13)23-11-14-3-2-4-15(18)9-14/h2-9,19H,10-11H2,1H3,(H,21,24). The van der Waals surface area contributed by atoms with Gasteiger partial charge in [-0.3, -0.25) is 5.10 Å². The summed E-state index contributed by atoms with van der Waals surface area (Å²) in [6, 6.07) is 15.6. The Bertz CT molecular complexity index is 873. The fraction of sp³-hybridized carbons (Fsp3) is 0.176. The second-order valence-corrected chi connectivity index (χ2v) is 6.13. The molecule has 1 heterocycles. The molecule has 124 valence electrons. The predicted octanol–water partition coefficient (Wildman–Crippen LogP) is 4.23. The molecule has 3 aromatic rings. The first-order chi connectivity index (χ1) is 11.6. The Hall–Kier alpha value is -2.31. The number of aromatic nitrogens is 3. The van der Waals surface area contributed by atoms with Crippen molar-refractivity contribution in [3.63, 3.8) is 0 Å². The number of nitrogens with zero attached hydrogens (tertiary/aromatic N) is 2. The van der Waals surface area contributed by atoms with Crippen molar-refractivity contribution in [2.45, 2.75) is 20.1 Å². The van der Waals surface area contributed by atoms with Crippen molar-refractivity contribution >= 4 is 23.8 Å². The van der Waals surface area contributed by atoms with Crippen LogP contribution in [0.5, 0.6) is 5.75 Å². The zero-order valence-electron chi connectivity index (χ0n) is 13.1. The maximum absolute atomic E-state index is 5.97. The van der Waals surface area contributed by atoms with Crippen molar-refractivity contribution in [2.75, 3.05) is 5.43 Å². The van der Waals surface area contributed by atoms with Crippen molar-refractivity contribution < 1.29 is 4.74 Å². The van der Waals surface area contributed by atoms with Crippen LogP contribution in [0, 0.1) is 11.7 Å². The fourth-order valence-electron chi connectivity index (χ4n) is 2.23. The number of nitrogens with one attached hydrogen (secondary N) is 2. The molecule has 7 heteroatoms. The van der Waals surface area contributed by atoms with Gasteiger partial charge in [0.25, 0.3) is 0 Å². The van der Waals surface area contributed by atoms with Gasteiger partial charge in [-0.25, -0.2) is 4.68 Å². The molecule has 0 spiro atoms. The summed E-state index contributed by atoms with van der Waals surface area (Å²) in [4.78, 5) is 0. The molecule has 24 heavy (non-hydrogen) atoms. The van der Waals surface area contributed by atoms with E-state index in [9.17, 15) is 0 Å². The number of rotatable bonds is 6. The molecule has 0 bridgehead atoms. The van der Waals surface area contributed by atoms with Crippen molar-refractivity contribution in [1.29, 1.82) is 0 Å². The molecule has 0 amide bonds. The molecular formula is C17H17ClN4OS. The molecule has 0 fully saturated rings. The maximum Gasteiger partial charge on any atom is 0.214 e. The monoisotopic (exact) mass is 360 g/mol. The average molecular weight is 361 g/mol. The molecule has 3 rings (SSSR count). The molecule has 0 aliphatic carbocycles. The van der Waals surface area contributed by atoms with Gasteiger partial charge in [-0.1, -0.05) is 35.9 Å². The third-order valence-electron chi connectivity index (χ3n) is 3.50. The zero-order chi connectivity index (χ0) is 16.9. The lowest BCUT2D eigenvalue weighted by atomic mass is 10.2. The number of hydrogen-bond donors (Lipinski definition) is 2. The Kier molecular flexibility index (Phi) is 5.17. The second-order valence-electron chi connectivity index (χ2n) is 5.31. The highest BCUT2D eigenvalue weighted by molar-refractivity contribution is 7.71. The molecule has 0 aliphatic heterocycles. The molecule has 0 radical (unpaired) electrons. The summed E-state index contributed by atoms with van der Waals surface area (Å²) in [5, 5.41) is 7.51. The van der Waals surface area contributed by atoms with Gasteiger partial charge in [0.1, 0.15) is 18.2 Å². The van der Waals surface area contributed by atoms with Crippen LogP contribution < -0.4 is 10.2 Å². The molecule has 0 atom stereocenters. The van der Waals surface area contributed by atoms with Gasteiger partial charge < -0.3 is 10.2 Å². The van der Waals surface area contributed by atoms with Crippen LogP contribution in [0.3, 0.4) is 0 Å². The van der Waals surface area contributed by atoms with E-state index in [1.807, 2.05) is 55.5 Å². The molecule has 5 nitrogen and oxygen atoms in total. The van der Waals surface area contributed by atoms with Crippen LogP contribution in [0.4, 0.5) is 0 Å². The Morgan fingerprint density at radius 3 is 2.67 bits per heavy atom. The molecular weight excluding hydrogens is 344 g/mol. The SMILES string of the molecule is Cc1n[nH]c(=S)n1NCc1ccc(OCc2cccc(Cl)c2)cc1. The topological polar surface area (TPSA) is 54.9 Å². The van der Waals surface area contributed by atoms with E-state index in [-0.39, 0.29) is 0 Å². The van der Waals surface area contributed by atoms with Gasteiger partial charge in [0, 0.05) is 5.02 Å². The molecule has 2 N–H and O–H groups in total. The molecule has 0 unspecified atom stereocenters.